The van der Waals surface area contributed by atoms with Gasteiger partial charge in [-0.15, -0.1) is 0 Å². The Bertz CT molecular complexity index is 615. The summed E-state index contributed by atoms with van der Waals surface area (Å²) in [5, 5.41) is 14.1. The Hall–Kier alpha value is -2.36. The molecular weight excluding hydrogens is 298 g/mol. The first-order chi connectivity index (χ1) is 11.3. The maximum atomic E-state index is 7.03. The van der Waals surface area contributed by atoms with Crippen LogP contribution >= 0.6 is 0 Å². The van der Waals surface area contributed by atoms with E-state index < -0.39 is 0 Å². The van der Waals surface area contributed by atoms with Crippen LogP contribution in [0.2, 0.25) is 0 Å². The van der Waals surface area contributed by atoms with Crippen molar-refractivity contribution in [2.75, 3.05) is 12.3 Å². The van der Waals surface area contributed by atoms with Crippen LogP contribution in [-0.2, 0) is 5.41 Å². The molecule has 0 unspecified atom stereocenters. The van der Waals surface area contributed by atoms with Gasteiger partial charge in [0.2, 0.25) is 0 Å². The number of hydrogen-bond acceptors (Lipinski definition) is 4. The Labute approximate surface area is 145 Å². The van der Waals surface area contributed by atoms with E-state index in [2.05, 4.69) is 33.8 Å². The van der Waals surface area contributed by atoms with E-state index in [9.17, 15) is 0 Å². The Morgan fingerprint density at radius 1 is 1.04 bits per heavy atom. The van der Waals surface area contributed by atoms with Gasteiger partial charge < -0.3 is 10.5 Å². The number of anilines is 1. The van der Waals surface area contributed by atoms with E-state index in [0.29, 0.717) is 0 Å². The predicted molar refractivity (Wildman–Crippen MR) is 104 cm³/mol. The highest BCUT2D eigenvalue weighted by molar-refractivity contribution is 6.48. The molecule has 1 aliphatic carbocycles. The second-order valence-corrected chi connectivity index (χ2v) is 6.75. The fourth-order valence-electron chi connectivity index (χ4n) is 1.96. The second-order valence-electron chi connectivity index (χ2n) is 6.75. The van der Waals surface area contributed by atoms with Gasteiger partial charge in [0.25, 0.3) is 0 Å². The van der Waals surface area contributed by atoms with Crippen LogP contribution in [0.25, 0.3) is 0 Å². The number of nitrogen functional groups attached to an aromatic ring is 1. The highest BCUT2D eigenvalue weighted by atomic mass is 16.5. The number of nitrogens with one attached hydrogen (secondary N) is 2. The molecule has 1 aromatic rings. The van der Waals surface area contributed by atoms with Crippen LogP contribution in [0.1, 0.15) is 46.1 Å². The molecular formula is C20H29N3O. The monoisotopic (exact) mass is 327 g/mol. The molecule has 0 atom stereocenters. The summed E-state index contributed by atoms with van der Waals surface area (Å²) in [5.74, 6) is 0.807. The lowest BCUT2D eigenvalue weighted by Gasteiger charge is -2.20. The fourth-order valence-corrected chi connectivity index (χ4v) is 1.96. The number of nitrogens with two attached hydrogens (primary N) is 1. The molecule has 0 fully saturated rings. The summed E-state index contributed by atoms with van der Waals surface area (Å²) in [6, 6.07) is 6.09. The third-order valence-electron chi connectivity index (χ3n) is 3.56. The molecule has 0 saturated heterocycles. The van der Waals surface area contributed by atoms with Crippen molar-refractivity contribution in [1.82, 2.24) is 0 Å². The van der Waals surface area contributed by atoms with Crippen LogP contribution in [0.3, 0.4) is 0 Å². The zero-order chi connectivity index (χ0) is 18.2. The van der Waals surface area contributed by atoms with Gasteiger partial charge in [-0.3, -0.25) is 10.8 Å². The van der Waals surface area contributed by atoms with E-state index in [4.69, 9.17) is 21.3 Å². The van der Waals surface area contributed by atoms with Gasteiger partial charge in [0.15, 0.2) is 0 Å². The fraction of sp³-hybridized carbons (Fsp3) is 0.400. The maximum Gasteiger partial charge on any atom is 0.142 e. The Balaban J connectivity index is 0.000000300. The molecule has 4 N–H and O–H groups in total. The summed E-state index contributed by atoms with van der Waals surface area (Å²) in [7, 11) is 0. The van der Waals surface area contributed by atoms with Gasteiger partial charge in [0, 0.05) is 0 Å². The first-order valence-corrected chi connectivity index (χ1v) is 8.30. The summed E-state index contributed by atoms with van der Waals surface area (Å²) >= 11 is 0. The molecule has 24 heavy (non-hydrogen) atoms. The lowest BCUT2D eigenvalue weighted by molar-refractivity contribution is 0.311. The molecule has 0 heterocycles. The summed E-state index contributed by atoms with van der Waals surface area (Å²) in [4.78, 5) is 0. The highest BCUT2D eigenvalue weighted by Crippen LogP contribution is 2.29. The number of hydrogen-bond donors (Lipinski definition) is 3. The molecule has 4 heteroatoms. The molecule has 2 rings (SSSR count). The lowest BCUT2D eigenvalue weighted by Crippen LogP contribution is -2.11. The smallest absolute Gasteiger partial charge is 0.142 e. The van der Waals surface area contributed by atoms with Gasteiger partial charge in [-0.25, -0.2) is 0 Å². The summed E-state index contributed by atoms with van der Waals surface area (Å²) in [6.07, 6.45) is 8.91. The van der Waals surface area contributed by atoms with Crippen molar-refractivity contribution in [2.45, 2.75) is 46.0 Å². The third kappa shape index (κ3) is 6.41. The molecule has 1 aliphatic rings. The van der Waals surface area contributed by atoms with Gasteiger partial charge in [0.1, 0.15) is 5.75 Å². The molecule has 1 aromatic carbocycles. The van der Waals surface area contributed by atoms with Crippen LogP contribution in [-0.4, -0.2) is 18.0 Å². The van der Waals surface area contributed by atoms with Crippen molar-refractivity contribution >= 4 is 17.1 Å². The Morgan fingerprint density at radius 3 is 2.04 bits per heavy atom. The number of rotatable bonds is 4. The SMILES string of the molecule is CCCCOc1ccc(C(C)(C)C)cc1N.N=C1C=CC=CC1=N. The number of unbranched alkanes of at least 4 members (excludes halogenated alkanes) is 1. The number of benzene rings is 1. The van der Waals surface area contributed by atoms with Crippen LogP contribution in [0, 0.1) is 10.8 Å². The van der Waals surface area contributed by atoms with E-state index in [-0.39, 0.29) is 16.8 Å². The van der Waals surface area contributed by atoms with E-state index >= 15 is 0 Å². The molecule has 0 amide bonds. The van der Waals surface area contributed by atoms with Crippen LogP contribution in [0.4, 0.5) is 5.69 Å². The van der Waals surface area contributed by atoms with Crippen LogP contribution in [0.15, 0.2) is 42.5 Å². The van der Waals surface area contributed by atoms with E-state index in [1.807, 2.05) is 12.1 Å². The van der Waals surface area contributed by atoms with Crippen molar-refractivity contribution in [3.05, 3.63) is 48.1 Å². The Morgan fingerprint density at radius 2 is 1.62 bits per heavy atom. The van der Waals surface area contributed by atoms with E-state index in [1.54, 1.807) is 24.3 Å². The third-order valence-corrected chi connectivity index (χ3v) is 3.56. The molecule has 4 nitrogen and oxygen atoms in total. The minimum absolute atomic E-state index is 0.135. The number of ether oxygens (including phenoxy) is 1. The van der Waals surface area contributed by atoms with Crippen molar-refractivity contribution in [1.29, 1.82) is 10.8 Å². The van der Waals surface area contributed by atoms with Crippen molar-refractivity contribution in [3.63, 3.8) is 0 Å². The largest absolute Gasteiger partial charge is 0.491 e. The first kappa shape index (κ1) is 19.7. The molecule has 0 aliphatic heterocycles. The molecule has 0 aromatic heterocycles. The predicted octanol–water partition coefficient (Wildman–Crippen LogP) is 4.90. The van der Waals surface area contributed by atoms with Gasteiger partial charge >= 0.3 is 0 Å². The summed E-state index contributed by atoms with van der Waals surface area (Å²) in [5.41, 5.74) is 8.66. The van der Waals surface area contributed by atoms with Gasteiger partial charge in [0.05, 0.1) is 23.7 Å². The molecule has 0 bridgehead atoms. The summed E-state index contributed by atoms with van der Waals surface area (Å²) < 4.78 is 5.62. The van der Waals surface area contributed by atoms with Gasteiger partial charge in [-0.05, 0) is 41.7 Å². The average Bonchev–Trinajstić information content (AvgIpc) is 2.52. The number of allylic oxidation sites excluding steroid dienone is 4. The maximum absolute atomic E-state index is 7.03. The topological polar surface area (TPSA) is 83.0 Å². The highest BCUT2D eigenvalue weighted by Gasteiger charge is 2.14. The zero-order valence-electron chi connectivity index (χ0n) is 15.1. The Kier molecular flexibility index (Phi) is 7.43. The van der Waals surface area contributed by atoms with Crippen molar-refractivity contribution in [3.8, 4) is 5.75 Å². The van der Waals surface area contributed by atoms with Gasteiger partial charge in [-0.1, -0.05) is 52.3 Å². The minimum Gasteiger partial charge on any atom is -0.491 e. The van der Waals surface area contributed by atoms with Crippen LogP contribution < -0.4 is 10.5 Å². The molecule has 0 saturated carbocycles. The summed E-state index contributed by atoms with van der Waals surface area (Å²) in [6.45, 7) is 9.43. The first-order valence-electron chi connectivity index (χ1n) is 8.30. The van der Waals surface area contributed by atoms with E-state index in [0.717, 1.165) is 30.9 Å². The standard InChI is InChI=1S/C14H23NO.C6H6N2/c1-5-6-9-16-13-8-7-11(10-12(13)15)14(2,3)4;7-5-3-1-2-4-6(5)8/h7-8,10H,5-6,9,15H2,1-4H3;1-4,7-8H. The van der Waals surface area contributed by atoms with Crippen LogP contribution in [0.5, 0.6) is 5.75 Å². The molecule has 0 radical (unpaired) electrons. The van der Waals surface area contributed by atoms with Crippen molar-refractivity contribution < 1.29 is 4.74 Å². The van der Waals surface area contributed by atoms with E-state index in [1.165, 1.54) is 5.56 Å². The van der Waals surface area contributed by atoms with Gasteiger partial charge in [-0.2, -0.15) is 0 Å². The van der Waals surface area contributed by atoms with Crippen molar-refractivity contribution in [2.24, 2.45) is 0 Å². The minimum atomic E-state index is 0.135. The second kappa shape index (κ2) is 9.06. The molecule has 0 spiro atoms. The average molecular weight is 327 g/mol. The molecule has 130 valence electrons. The normalized spacial score (nSPS) is 13.5. The lowest BCUT2D eigenvalue weighted by atomic mass is 9.87. The quantitative estimate of drug-likeness (QED) is 0.417. The zero-order valence-corrected chi connectivity index (χ0v) is 15.1.